The molecule has 0 spiro atoms. The van der Waals surface area contributed by atoms with Crippen molar-refractivity contribution in [1.82, 2.24) is 5.32 Å². The van der Waals surface area contributed by atoms with Crippen LogP contribution in [0.5, 0.6) is 5.75 Å². The van der Waals surface area contributed by atoms with Gasteiger partial charge in [-0.25, -0.2) is 0 Å². The Morgan fingerprint density at radius 2 is 1.96 bits per heavy atom. The summed E-state index contributed by atoms with van der Waals surface area (Å²) < 4.78 is 16.0. The summed E-state index contributed by atoms with van der Waals surface area (Å²) in [6.45, 7) is 7.03. The molecule has 0 unspecified atom stereocenters. The topological polar surface area (TPSA) is 60.7 Å². The first-order chi connectivity index (χ1) is 11.0. The molecule has 124 valence electrons. The van der Waals surface area contributed by atoms with Gasteiger partial charge >= 0.3 is 0 Å². The molecule has 23 heavy (non-hydrogen) atoms. The van der Waals surface area contributed by atoms with Crippen LogP contribution in [0, 0.1) is 20.8 Å². The lowest BCUT2D eigenvalue weighted by molar-refractivity contribution is 0.0949. The molecule has 0 saturated heterocycles. The zero-order chi connectivity index (χ0) is 16.8. The SMILES string of the molecule is COCCOc1cccc(CNC(=O)c2c(C)oc(C)c2C)c1. The van der Waals surface area contributed by atoms with Crippen molar-refractivity contribution in [1.29, 1.82) is 0 Å². The van der Waals surface area contributed by atoms with Crippen molar-refractivity contribution in [3.05, 3.63) is 52.5 Å². The van der Waals surface area contributed by atoms with Crippen LogP contribution in [-0.2, 0) is 11.3 Å². The lowest BCUT2D eigenvalue weighted by Gasteiger charge is -2.09. The summed E-state index contributed by atoms with van der Waals surface area (Å²) >= 11 is 0. The van der Waals surface area contributed by atoms with Gasteiger partial charge < -0.3 is 19.2 Å². The molecule has 0 aliphatic rings. The Bertz CT molecular complexity index is 676. The van der Waals surface area contributed by atoms with Gasteiger partial charge in [0.1, 0.15) is 23.9 Å². The molecule has 1 aromatic heterocycles. The highest BCUT2D eigenvalue weighted by molar-refractivity contribution is 5.96. The maximum absolute atomic E-state index is 12.3. The van der Waals surface area contributed by atoms with Gasteiger partial charge in [-0.3, -0.25) is 4.79 Å². The monoisotopic (exact) mass is 317 g/mol. The van der Waals surface area contributed by atoms with Gasteiger partial charge in [0.2, 0.25) is 0 Å². The number of carbonyl (C=O) groups excluding carboxylic acids is 1. The summed E-state index contributed by atoms with van der Waals surface area (Å²) in [5.74, 6) is 2.07. The standard InChI is InChI=1S/C18H23NO4/c1-12-13(2)23-14(3)17(12)18(20)19-11-15-6-5-7-16(10-15)22-9-8-21-4/h5-7,10H,8-9,11H2,1-4H3,(H,19,20). The smallest absolute Gasteiger partial charge is 0.255 e. The summed E-state index contributed by atoms with van der Waals surface area (Å²) in [4.78, 5) is 12.3. The Hall–Kier alpha value is -2.27. The van der Waals surface area contributed by atoms with Crippen molar-refractivity contribution in [2.45, 2.75) is 27.3 Å². The minimum absolute atomic E-state index is 0.123. The molecule has 1 heterocycles. The largest absolute Gasteiger partial charge is 0.491 e. The molecule has 1 amide bonds. The molecule has 0 aliphatic heterocycles. The van der Waals surface area contributed by atoms with Gasteiger partial charge in [0, 0.05) is 19.2 Å². The minimum atomic E-state index is -0.123. The lowest BCUT2D eigenvalue weighted by atomic mass is 10.1. The Morgan fingerprint density at radius 1 is 1.17 bits per heavy atom. The molecule has 0 fully saturated rings. The van der Waals surface area contributed by atoms with Gasteiger partial charge in [0.05, 0.1) is 12.2 Å². The molecule has 0 bridgehead atoms. The maximum Gasteiger partial charge on any atom is 0.255 e. The van der Waals surface area contributed by atoms with Crippen molar-refractivity contribution in [2.24, 2.45) is 0 Å². The normalized spacial score (nSPS) is 10.6. The third-order valence-electron chi connectivity index (χ3n) is 3.70. The van der Waals surface area contributed by atoms with Crippen LogP contribution in [0.4, 0.5) is 0 Å². The molecule has 0 radical (unpaired) electrons. The number of carbonyl (C=O) groups is 1. The molecule has 0 aliphatic carbocycles. The number of furan rings is 1. The number of ether oxygens (including phenoxy) is 2. The highest BCUT2D eigenvalue weighted by Gasteiger charge is 2.18. The number of rotatable bonds is 7. The average Bonchev–Trinajstić information content (AvgIpc) is 2.78. The van der Waals surface area contributed by atoms with Crippen molar-refractivity contribution < 1.29 is 18.7 Å². The number of amides is 1. The van der Waals surface area contributed by atoms with Crippen LogP contribution in [0.1, 0.15) is 33.0 Å². The predicted octanol–water partition coefficient (Wildman–Crippen LogP) is 3.16. The molecule has 2 aromatic rings. The molecular weight excluding hydrogens is 294 g/mol. The van der Waals surface area contributed by atoms with E-state index in [9.17, 15) is 4.79 Å². The number of hydrogen-bond donors (Lipinski definition) is 1. The average molecular weight is 317 g/mol. The zero-order valence-corrected chi connectivity index (χ0v) is 14.1. The number of nitrogens with one attached hydrogen (secondary N) is 1. The summed E-state index contributed by atoms with van der Waals surface area (Å²) in [6, 6.07) is 7.65. The molecule has 0 atom stereocenters. The van der Waals surface area contributed by atoms with E-state index in [4.69, 9.17) is 13.9 Å². The van der Waals surface area contributed by atoms with Crippen LogP contribution < -0.4 is 10.1 Å². The summed E-state index contributed by atoms with van der Waals surface area (Å²) in [5, 5.41) is 2.93. The van der Waals surface area contributed by atoms with E-state index in [1.54, 1.807) is 14.0 Å². The lowest BCUT2D eigenvalue weighted by Crippen LogP contribution is -2.23. The maximum atomic E-state index is 12.3. The van der Waals surface area contributed by atoms with Gasteiger partial charge in [-0.1, -0.05) is 12.1 Å². The second kappa shape index (κ2) is 7.83. The van der Waals surface area contributed by atoms with E-state index in [0.29, 0.717) is 31.1 Å². The Kier molecular flexibility index (Phi) is 5.82. The molecule has 2 rings (SSSR count). The third-order valence-corrected chi connectivity index (χ3v) is 3.70. The van der Waals surface area contributed by atoms with E-state index >= 15 is 0 Å². The first-order valence-electron chi connectivity index (χ1n) is 7.58. The Labute approximate surface area is 136 Å². The summed E-state index contributed by atoms with van der Waals surface area (Å²) in [5.41, 5.74) is 2.48. The van der Waals surface area contributed by atoms with Gasteiger partial charge in [0.25, 0.3) is 5.91 Å². The number of hydrogen-bond acceptors (Lipinski definition) is 4. The number of methoxy groups -OCH3 is 1. The van der Waals surface area contributed by atoms with E-state index in [-0.39, 0.29) is 5.91 Å². The fourth-order valence-electron chi connectivity index (χ4n) is 2.39. The van der Waals surface area contributed by atoms with Crippen molar-refractivity contribution in [2.75, 3.05) is 20.3 Å². The van der Waals surface area contributed by atoms with Crippen LogP contribution >= 0.6 is 0 Å². The van der Waals surface area contributed by atoms with E-state index in [1.165, 1.54) is 0 Å². The highest BCUT2D eigenvalue weighted by atomic mass is 16.5. The van der Waals surface area contributed by atoms with Crippen molar-refractivity contribution >= 4 is 5.91 Å². The molecular formula is C18H23NO4. The van der Waals surface area contributed by atoms with Gasteiger partial charge in [0.15, 0.2) is 0 Å². The van der Waals surface area contributed by atoms with E-state index in [2.05, 4.69) is 5.32 Å². The fraction of sp³-hybridized carbons (Fsp3) is 0.389. The molecule has 5 heteroatoms. The molecule has 1 aromatic carbocycles. The highest BCUT2D eigenvalue weighted by Crippen LogP contribution is 2.20. The Balaban J connectivity index is 1.97. The third kappa shape index (κ3) is 4.36. The van der Waals surface area contributed by atoms with Crippen LogP contribution in [0.2, 0.25) is 0 Å². The number of aryl methyl sites for hydroxylation is 2. The summed E-state index contributed by atoms with van der Waals surface area (Å²) in [7, 11) is 1.64. The zero-order valence-electron chi connectivity index (χ0n) is 14.1. The van der Waals surface area contributed by atoms with Crippen LogP contribution in [0.25, 0.3) is 0 Å². The van der Waals surface area contributed by atoms with Gasteiger partial charge in [-0.15, -0.1) is 0 Å². The van der Waals surface area contributed by atoms with Crippen LogP contribution in [0.15, 0.2) is 28.7 Å². The predicted molar refractivity (Wildman–Crippen MR) is 87.9 cm³/mol. The quantitative estimate of drug-likeness (QED) is 0.797. The van der Waals surface area contributed by atoms with Gasteiger partial charge in [-0.2, -0.15) is 0 Å². The van der Waals surface area contributed by atoms with E-state index < -0.39 is 0 Å². The van der Waals surface area contributed by atoms with Crippen molar-refractivity contribution in [3.8, 4) is 5.75 Å². The van der Waals surface area contributed by atoms with Crippen LogP contribution in [-0.4, -0.2) is 26.2 Å². The van der Waals surface area contributed by atoms with Crippen LogP contribution in [0.3, 0.4) is 0 Å². The van der Waals surface area contributed by atoms with Gasteiger partial charge in [-0.05, 0) is 38.5 Å². The Morgan fingerprint density at radius 3 is 2.61 bits per heavy atom. The van der Waals surface area contributed by atoms with E-state index in [1.807, 2.05) is 38.1 Å². The summed E-state index contributed by atoms with van der Waals surface area (Å²) in [6.07, 6.45) is 0. The minimum Gasteiger partial charge on any atom is -0.491 e. The second-order valence-electron chi connectivity index (χ2n) is 5.39. The molecule has 5 nitrogen and oxygen atoms in total. The number of benzene rings is 1. The first kappa shape index (κ1) is 17.1. The fourth-order valence-corrected chi connectivity index (χ4v) is 2.39. The van der Waals surface area contributed by atoms with E-state index in [0.717, 1.165) is 22.6 Å². The molecule has 0 saturated carbocycles. The first-order valence-corrected chi connectivity index (χ1v) is 7.58. The van der Waals surface area contributed by atoms with Crippen molar-refractivity contribution in [3.63, 3.8) is 0 Å². The molecule has 1 N–H and O–H groups in total. The second-order valence-corrected chi connectivity index (χ2v) is 5.39.